The van der Waals surface area contributed by atoms with Crippen LogP contribution in [0.2, 0.25) is 0 Å². The van der Waals surface area contributed by atoms with E-state index in [0.717, 1.165) is 45.7 Å². The summed E-state index contributed by atoms with van der Waals surface area (Å²) in [5.74, 6) is 0.000306. The molecule has 0 aliphatic carbocycles. The number of fused-ring (bicyclic) bond motifs is 1. The quantitative estimate of drug-likeness (QED) is 0.343. The molecule has 0 spiro atoms. The molecule has 6 heteroatoms. The smallest absolute Gasteiger partial charge is 0.257 e. The molecule has 0 atom stereocenters. The third-order valence-corrected chi connectivity index (χ3v) is 6.77. The highest BCUT2D eigenvalue weighted by molar-refractivity contribution is 7.22. The number of hydrogen-bond donors (Lipinski definition) is 0. The minimum absolute atomic E-state index is 0.165. The summed E-state index contributed by atoms with van der Waals surface area (Å²) in [6, 6.07) is 23.4. The van der Waals surface area contributed by atoms with E-state index < -0.39 is 0 Å². The first-order valence-electron chi connectivity index (χ1n) is 10.9. The molecule has 4 aromatic rings. The van der Waals surface area contributed by atoms with Crippen molar-refractivity contribution in [3.63, 3.8) is 0 Å². The van der Waals surface area contributed by atoms with Gasteiger partial charge in [-0.15, -0.1) is 0 Å². The topological polar surface area (TPSA) is 53.5 Å². The Morgan fingerprint density at radius 2 is 1.79 bits per heavy atom. The lowest BCUT2D eigenvalue weighted by molar-refractivity contribution is -0.117. The summed E-state index contributed by atoms with van der Waals surface area (Å²) in [6.45, 7) is 2.76. The summed E-state index contributed by atoms with van der Waals surface area (Å²) >= 11 is 1.50. The van der Waals surface area contributed by atoms with Crippen molar-refractivity contribution in [3.05, 3.63) is 90.0 Å². The Morgan fingerprint density at radius 3 is 2.52 bits per heavy atom. The largest absolute Gasteiger partial charge is 0.312 e. The summed E-state index contributed by atoms with van der Waals surface area (Å²) in [5.41, 5.74) is 4.48. The van der Waals surface area contributed by atoms with Crippen LogP contribution in [0.15, 0.2) is 78.9 Å². The van der Waals surface area contributed by atoms with Gasteiger partial charge >= 0.3 is 0 Å². The second-order valence-corrected chi connectivity index (χ2v) is 9.01. The van der Waals surface area contributed by atoms with Crippen LogP contribution in [0.5, 0.6) is 0 Å². The maximum absolute atomic E-state index is 13.4. The molecule has 0 bridgehead atoms. The zero-order chi connectivity index (χ0) is 22.8. The zero-order valence-electron chi connectivity index (χ0n) is 18.3. The molecule has 3 aromatic carbocycles. The first-order chi connectivity index (χ1) is 16.1. The van der Waals surface area contributed by atoms with Gasteiger partial charge in [0, 0.05) is 24.7 Å². The maximum Gasteiger partial charge on any atom is 0.257 e. The Morgan fingerprint density at radius 1 is 1.03 bits per heavy atom. The Kier molecular flexibility index (Phi) is 5.75. The highest BCUT2D eigenvalue weighted by Crippen LogP contribution is 2.35. The minimum Gasteiger partial charge on any atom is -0.312 e. The van der Waals surface area contributed by atoms with Crippen LogP contribution in [0, 0.1) is 6.92 Å². The SMILES string of the molecule is Cc1ccccc1N(C(=O)/C=C/c1ccc(N2CCCC2=O)cc1)c1nc2ccccc2s1. The molecule has 5 nitrogen and oxygen atoms in total. The Hall–Kier alpha value is -3.77. The number of para-hydroxylation sites is 2. The number of thiazole rings is 1. The molecule has 0 N–H and O–H groups in total. The summed E-state index contributed by atoms with van der Waals surface area (Å²) < 4.78 is 1.04. The van der Waals surface area contributed by atoms with Crippen LogP contribution in [-0.4, -0.2) is 23.3 Å². The molecule has 1 fully saturated rings. The number of hydrogen-bond acceptors (Lipinski definition) is 4. The summed E-state index contributed by atoms with van der Waals surface area (Å²) in [6.07, 6.45) is 4.89. The van der Waals surface area contributed by atoms with E-state index in [2.05, 4.69) is 0 Å². The average molecular weight is 454 g/mol. The number of amides is 2. The van der Waals surface area contributed by atoms with E-state index in [1.54, 1.807) is 17.1 Å². The molecule has 33 heavy (non-hydrogen) atoms. The van der Waals surface area contributed by atoms with Crippen LogP contribution < -0.4 is 9.80 Å². The lowest BCUT2D eigenvalue weighted by Crippen LogP contribution is -2.24. The van der Waals surface area contributed by atoms with Gasteiger partial charge in [0.1, 0.15) is 0 Å². The van der Waals surface area contributed by atoms with Crippen LogP contribution in [0.1, 0.15) is 24.0 Å². The fourth-order valence-corrected chi connectivity index (χ4v) is 5.00. The molecule has 0 saturated carbocycles. The number of carbonyl (C=O) groups is 2. The van der Waals surface area contributed by atoms with Crippen LogP contribution in [0.3, 0.4) is 0 Å². The molecule has 1 aliphatic rings. The van der Waals surface area contributed by atoms with Crippen LogP contribution in [0.25, 0.3) is 16.3 Å². The number of aromatic nitrogens is 1. The van der Waals surface area contributed by atoms with E-state index in [-0.39, 0.29) is 11.8 Å². The summed E-state index contributed by atoms with van der Waals surface area (Å²) in [7, 11) is 0. The molecular weight excluding hydrogens is 430 g/mol. The van der Waals surface area contributed by atoms with E-state index in [0.29, 0.717) is 11.6 Å². The van der Waals surface area contributed by atoms with Crippen molar-refractivity contribution in [3.8, 4) is 0 Å². The summed E-state index contributed by atoms with van der Waals surface area (Å²) in [5, 5.41) is 0.642. The molecule has 1 saturated heterocycles. The Balaban J connectivity index is 1.44. The number of anilines is 3. The highest BCUT2D eigenvalue weighted by atomic mass is 32.1. The van der Waals surface area contributed by atoms with E-state index in [1.807, 2.05) is 84.6 Å². The molecule has 2 heterocycles. The van der Waals surface area contributed by atoms with Gasteiger partial charge in [0.15, 0.2) is 5.13 Å². The number of aryl methyl sites for hydroxylation is 1. The van der Waals surface area contributed by atoms with E-state index >= 15 is 0 Å². The van der Waals surface area contributed by atoms with Crippen molar-refractivity contribution in [2.24, 2.45) is 0 Å². The molecule has 0 unspecified atom stereocenters. The normalized spacial score (nSPS) is 13.8. The van der Waals surface area contributed by atoms with E-state index in [1.165, 1.54) is 11.3 Å². The van der Waals surface area contributed by atoms with Gasteiger partial charge in [0.25, 0.3) is 5.91 Å². The van der Waals surface area contributed by atoms with Crippen molar-refractivity contribution in [2.45, 2.75) is 19.8 Å². The van der Waals surface area contributed by atoms with Gasteiger partial charge in [-0.1, -0.05) is 53.8 Å². The highest BCUT2D eigenvalue weighted by Gasteiger charge is 2.22. The Bertz CT molecular complexity index is 1320. The van der Waals surface area contributed by atoms with Gasteiger partial charge in [0.05, 0.1) is 15.9 Å². The predicted molar refractivity (Wildman–Crippen MR) is 135 cm³/mol. The van der Waals surface area contributed by atoms with E-state index in [9.17, 15) is 9.59 Å². The van der Waals surface area contributed by atoms with Crippen molar-refractivity contribution < 1.29 is 9.59 Å². The van der Waals surface area contributed by atoms with Crippen molar-refractivity contribution in [1.82, 2.24) is 4.98 Å². The number of nitrogens with zero attached hydrogens (tertiary/aromatic N) is 3. The third kappa shape index (κ3) is 4.30. The lowest BCUT2D eigenvalue weighted by atomic mass is 10.1. The molecule has 1 aliphatic heterocycles. The van der Waals surface area contributed by atoms with Gasteiger partial charge < -0.3 is 4.90 Å². The molecule has 1 aromatic heterocycles. The standard InChI is InChI=1S/C27H23N3O2S/c1-19-7-2-4-9-23(19)30(27-28-22-8-3-5-10-24(22)33-27)26(32)17-14-20-12-15-21(16-13-20)29-18-6-11-25(29)31/h2-5,7-10,12-17H,6,11,18H2,1H3/b17-14+. The summed E-state index contributed by atoms with van der Waals surface area (Å²) in [4.78, 5) is 33.6. The average Bonchev–Trinajstić information content (AvgIpc) is 3.45. The van der Waals surface area contributed by atoms with E-state index in [4.69, 9.17) is 4.98 Å². The first kappa shape index (κ1) is 21.1. The Labute approximate surface area is 196 Å². The minimum atomic E-state index is -0.165. The fourth-order valence-electron chi connectivity index (χ4n) is 4.01. The van der Waals surface area contributed by atoms with Crippen molar-refractivity contribution >= 4 is 56.0 Å². The lowest BCUT2D eigenvalue weighted by Gasteiger charge is -2.20. The molecule has 164 valence electrons. The van der Waals surface area contributed by atoms with Crippen LogP contribution in [0.4, 0.5) is 16.5 Å². The van der Waals surface area contributed by atoms with Gasteiger partial charge in [-0.3, -0.25) is 14.5 Å². The zero-order valence-corrected chi connectivity index (χ0v) is 19.1. The van der Waals surface area contributed by atoms with Crippen molar-refractivity contribution in [2.75, 3.05) is 16.3 Å². The van der Waals surface area contributed by atoms with Gasteiger partial charge in [-0.05, 0) is 60.9 Å². The van der Waals surface area contributed by atoms with Gasteiger partial charge in [-0.2, -0.15) is 0 Å². The molecule has 2 amide bonds. The van der Waals surface area contributed by atoms with Gasteiger partial charge in [-0.25, -0.2) is 4.98 Å². The fraction of sp³-hybridized carbons (Fsp3) is 0.148. The molecule has 5 rings (SSSR count). The third-order valence-electron chi connectivity index (χ3n) is 5.75. The first-order valence-corrected chi connectivity index (χ1v) is 11.8. The number of benzene rings is 3. The second kappa shape index (κ2) is 9.00. The number of rotatable bonds is 5. The molecule has 0 radical (unpaired) electrons. The molecular formula is C27H23N3O2S. The maximum atomic E-state index is 13.4. The van der Waals surface area contributed by atoms with Crippen LogP contribution in [-0.2, 0) is 9.59 Å². The van der Waals surface area contributed by atoms with Crippen LogP contribution >= 0.6 is 11.3 Å². The number of carbonyl (C=O) groups excluding carboxylic acids is 2. The second-order valence-electron chi connectivity index (χ2n) is 8.00. The van der Waals surface area contributed by atoms with Gasteiger partial charge in [0.2, 0.25) is 5.91 Å². The van der Waals surface area contributed by atoms with Crippen molar-refractivity contribution in [1.29, 1.82) is 0 Å². The predicted octanol–water partition coefficient (Wildman–Crippen LogP) is 6.11. The monoisotopic (exact) mass is 453 g/mol.